The van der Waals surface area contributed by atoms with Gasteiger partial charge in [0.25, 0.3) is 0 Å². The van der Waals surface area contributed by atoms with E-state index in [0.717, 1.165) is 5.69 Å². The molecule has 94 valence electrons. The number of hydrogen-bond donors (Lipinski definition) is 0. The van der Waals surface area contributed by atoms with Crippen molar-refractivity contribution in [2.24, 2.45) is 0 Å². The van der Waals surface area contributed by atoms with Gasteiger partial charge in [-0.15, -0.1) is 0 Å². The fourth-order valence-corrected chi connectivity index (χ4v) is 1.31. The van der Waals surface area contributed by atoms with E-state index < -0.39 is 0 Å². The Morgan fingerprint density at radius 3 is 2.65 bits per heavy atom. The third-order valence-electron chi connectivity index (χ3n) is 2.24. The van der Waals surface area contributed by atoms with Crippen LogP contribution in [0.3, 0.4) is 0 Å². The zero-order chi connectivity index (χ0) is 12.8. The molecule has 1 heterocycles. The van der Waals surface area contributed by atoms with Crippen molar-refractivity contribution >= 4 is 11.9 Å². The number of carbonyl (C=O) groups excluding carboxylic acids is 1. The van der Waals surface area contributed by atoms with E-state index in [2.05, 4.69) is 14.7 Å². The van der Waals surface area contributed by atoms with Gasteiger partial charge >= 0.3 is 5.97 Å². The minimum atomic E-state index is -0.323. The maximum atomic E-state index is 11.2. The lowest BCUT2D eigenvalue weighted by Crippen LogP contribution is -2.31. The van der Waals surface area contributed by atoms with Crippen LogP contribution in [0.1, 0.15) is 12.6 Å². The number of anilines is 1. The molecule has 17 heavy (non-hydrogen) atoms. The molecule has 0 aliphatic heterocycles. The van der Waals surface area contributed by atoms with E-state index in [9.17, 15) is 4.79 Å². The number of aryl methyl sites for hydroxylation is 1. The van der Waals surface area contributed by atoms with E-state index in [-0.39, 0.29) is 12.5 Å². The van der Waals surface area contributed by atoms with E-state index in [1.165, 1.54) is 7.11 Å². The first kappa shape index (κ1) is 13.2. The van der Waals surface area contributed by atoms with Gasteiger partial charge < -0.3 is 14.4 Å². The molecular formula is C11H17N3O3. The number of esters is 1. The van der Waals surface area contributed by atoms with Crippen LogP contribution in [0, 0.1) is 6.92 Å². The minimum absolute atomic E-state index is 0.125. The van der Waals surface area contributed by atoms with Crippen LogP contribution in [0.5, 0.6) is 5.88 Å². The van der Waals surface area contributed by atoms with Crippen LogP contribution in [0.25, 0.3) is 0 Å². The summed E-state index contributed by atoms with van der Waals surface area (Å²) < 4.78 is 9.69. The number of carbonyl (C=O) groups is 1. The monoisotopic (exact) mass is 239 g/mol. The highest BCUT2D eigenvalue weighted by Gasteiger charge is 2.14. The Balaban J connectivity index is 2.94. The number of methoxy groups -OCH3 is 2. The van der Waals surface area contributed by atoms with Crippen molar-refractivity contribution in [3.8, 4) is 5.88 Å². The maximum absolute atomic E-state index is 11.2. The summed E-state index contributed by atoms with van der Waals surface area (Å²) in [6, 6.07) is 1.73. The second kappa shape index (κ2) is 6.03. The summed E-state index contributed by atoms with van der Waals surface area (Å²) in [5, 5.41) is 0. The lowest BCUT2D eigenvalue weighted by atomic mass is 10.4. The summed E-state index contributed by atoms with van der Waals surface area (Å²) >= 11 is 0. The number of ether oxygens (including phenoxy) is 2. The summed E-state index contributed by atoms with van der Waals surface area (Å²) in [7, 11) is 2.90. The first-order valence-electron chi connectivity index (χ1n) is 5.32. The van der Waals surface area contributed by atoms with Crippen LogP contribution in [0.2, 0.25) is 0 Å². The predicted octanol–water partition coefficient (Wildman–Crippen LogP) is 0.793. The fraction of sp³-hybridized carbons (Fsp3) is 0.545. The molecule has 0 aromatic carbocycles. The molecule has 0 N–H and O–H groups in total. The van der Waals surface area contributed by atoms with Gasteiger partial charge in [0.05, 0.1) is 14.2 Å². The second-order valence-corrected chi connectivity index (χ2v) is 3.44. The fourth-order valence-electron chi connectivity index (χ4n) is 1.31. The van der Waals surface area contributed by atoms with E-state index in [0.29, 0.717) is 18.4 Å². The maximum Gasteiger partial charge on any atom is 0.325 e. The molecule has 0 saturated heterocycles. The van der Waals surface area contributed by atoms with E-state index in [1.54, 1.807) is 18.1 Å². The highest BCUT2D eigenvalue weighted by atomic mass is 16.5. The van der Waals surface area contributed by atoms with Gasteiger partial charge in [0.15, 0.2) is 0 Å². The first-order chi connectivity index (χ1) is 8.10. The Kier molecular flexibility index (Phi) is 4.68. The van der Waals surface area contributed by atoms with Gasteiger partial charge in [0.2, 0.25) is 11.8 Å². The molecule has 1 rings (SSSR count). The molecule has 6 nitrogen and oxygen atoms in total. The molecule has 0 unspecified atom stereocenters. The Bertz CT molecular complexity index is 396. The van der Waals surface area contributed by atoms with Crippen LogP contribution in [0.4, 0.5) is 5.95 Å². The molecule has 0 fully saturated rings. The van der Waals surface area contributed by atoms with Gasteiger partial charge in [-0.3, -0.25) is 4.79 Å². The molecule has 0 bridgehead atoms. The second-order valence-electron chi connectivity index (χ2n) is 3.44. The van der Waals surface area contributed by atoms with Gasteiger partial charge in [0.1, 0.15) is 6.54 Å². The zero-order valence-corrected chi connectivity index (χ0v) is 10.6. The molecule has 0 saturated carbocycles. The van der Waals surface area contributed by atoms with Gasteiger partial charge in [-0.2, -0.15) is 4.98 Å². The average Bonchev–Trinajstić information content (AvgIpc) is 2.34. The molecule has 0 amide bonds. The third kappa shape index (κ3) is 3.58. The topological polar surface area (TPSA) is 64.6 Å². The van der Waals surface area contributed by atoms with Crippen LogP contribution < -0.4 is 9.64 Å². The number of aromatic nitrogens is 2. The summed E-state index contributed by atoms with van der Waals surface area (Å²) in [5.74, 6) is 0.626. The van der Waals surface area contributed by atoms with Crippen molar-refractivity contribution in [2.75, 3.05) is 32.2 Å². The van der Waals surface area contributed by atoms with Crippen LogP contribution >= 0.6 is 0 Å². The molecule has 1 aromatic heterocycles. The van der Waals surface area contributed by atoms with E-state index in [4.69, 9.17) is 4.74 Å². The summed E-state index contributed by atoms with van der Waals surface area (Å²) in [5.41, 5.74) is 0.787. The van der Waals surface area contributed by atoms with Crippen molar-refractivity contribution in [2.45, 2.75) is 13.8 Å². The molecule has 6 heteroatoms. The van der Waals surface area contributed by atoms with Gasteiger partial charge in [-0.25, -0.2) is 4.98 Å². The van der Waals surface area contributed by atoms with Gasteiger partial charge in [-0.05, 0) is 13.8 Å². The number of nitrogens with zero attached hydrogens (tertiary/aromatic N) is 3. The number of likely N-dealkylation sites (N-methyl/N-ethyl adjacent to an activating group) is 1. The largest absolute Gasteiger partial charge is 0.481 e. The van der Waals surface area contributed by atoms with Crippen molar-refractivity contribution in [3.63, 3.8) is 0 Å². The summed E-state index contributed by atoms with van der Waals surface area (Å²) in [6.45, 7) is 4.50. The van der Waals surface area contributed by atoms with Crippen molar-refractivity contribution in [1.82, 2.24) is 9.97 Å². The van der Waals surface area contributed by atoms with Crippen molar-refractivity contribution in [3.05, 3.63) is 11.8 Å². The lowest BCUT2D eigenvalue weighted by Gasteiger charge is -2.19. The number of hydrogen-bond acceptors (Lipinski definition) is 6. The average molecular weight is 239 g/mol. The van der Waals surface area contributed by atoms with Crippen LogP contribution in [-0.2, 0) is 9.53 Å². The van der Waals surface area contributed by atoms with Crippen LogP contribution in [0.15, 0.2) is 6.07 Å². The van der Waals surface area contributed by atoms with Gasteiger partial charge in [0, 0.05) is 18.3 Å². The minimum Gasteiger partial charge on any atom is -0.481 e. The summed E-state index contributed by atoms with van der Waals surface area (Å²) in [4.78, 5) is 21.4. The molecule has 0 atom stereocenters. The zero-order valence-electron chi connectivity index (χ0n) is 10.6. The normalized spacial score (nSPS) is 9.88. The van der Waals surface area contributed by atoms with E-state index >= 15 is 0 Å². The lowest BCUT2D eigenvalue weighted by molar-refractivity contribution is -0.138. The molecule has 0 aliphatic carbocycles. The molecule has 1 aromatic rings. The number of rotatable bonds is 5. The summed E-state index contributed by atoms with van der Waals surface area (Å²) in [6.07, 6.45) is 0. The third-order valence-corrected chi connectivity index (χ3v) is 2.24. The molecular weight excluding hydrogens is 222 g/mol. The van der Waals surface area contributed by atoms with Crippen molar-refractivity contribution in [1.29, 1.82) is 0 Å². The Labute approximate surface area is 101 Å². The molecule has 0 spiro atoms. The van der Waals surface area contributed by atoms with E-state index in [1.807, 2.05) is 13.8 Å². The first-order valence-corrected chi connectivity index (χ1v) is 5.32. The Morgan fingerprint density at radius 2 is 2.12 bits per heavy atom. The molecule has 0 radical (unpaired) electrons. The quantitative estimate of drug-likeness (QED) is 0.708. The standard InChI is InChI=1S/C11H17N3O3/c1-5-14(7-10(15)17-4)11-12-8(2)6-9(13-11)16-3/h6H,5,7H2,1-4H3. The highest BCUT2D eigenvalue weighted by Crippen LogP contribution is 2.14. The Morgan fingerprint density at radius 1 is 1.41 bits per heavy atom. The van der Waals surface area contributed by atoms with Gasteiger partial charge in [-0.1, -0.05) is 0 Å². The molecule has 0 aliphatic rings. The van der Waals surface area contributed by atoms with Crippen molar-refractivity contribution < 1.29 is 14.3 Å². The SMILES string of the molecule is CCN(CC(=O)OC)c1nc(C)cc(OC)n1. The Hall–Kier alpha value is -1.85. The smallest absolute Gasteiger partial charge is 0.325 e. The predicted molar refractivity (Wildman–Crippen MR) is 63.2 cm³/mol. The van der Waals surface area contributed by atoms with Crippen LogP contribution in [-0.4, -0.2) is 43.2 Å². The highest BCUT2D eigenvalue weighted by molar-refractivity contribution is 5.74.